The fraction of sp³-hybridized carbons (Fsp3) is 0.565. The summed E-state index contributed by atoms with van der Waals surface area (Å²) >= 11 is 0. The number of alkyl halides is 2. The van der Waals surface area contributed by atoms with Gasteiger partial charge in [-0.15, -0.1) is 0 Å². The summed E-state index contributed by atoms with van der Waals surface area (Å²) in [6.45, 7) is -0.791. The van der Waals surface area contributed by atoms with Crippen LogP contribution in [0.15, 0.2) is 54.4 Å². The molecule has 0 spiro atoms. The van der Waals surface area contributed by atoms with Gasteiger partial charge in [0.1, 0.15) is 11.4 Å². The van der Waals surface area contributed by atoms with E-state index in [1.165, 1.54) is 31.4 Å². The van der Waals surface area contributed by atoms with E-state index in [9.17, 15) is 8.78 Å². The van der Waals surface area contributed by atoms with Gasteiger partial charge in [-0.05, 0) is 36.5 Å². The molecule has 28 heavy (non-hydrogen) atoms. The van der Waals surface area contributed by atoms with Gasteiger partial charge in [-0.2, -0.15) is 8.78 Å². The molecule has 1 aliphatic carbocycles. The molecular weight excluding hydrogens is 377 g/mol. The van der Waals surface area contributed by atoms with Crippen molar-refractivity contribution in [3.63, 3.8) is 0 Å². The molecule has 1 nitrogen and oxygen atoms in total. The number of halogens is 3. The first-order valence-electron chi connectivity index (χ1n) is 10.5. The van der Waals surface area contributed by atoms with Gasteiger partial charge in [-0.25, -0.2) is 4.39 Å². The highest BCUT2D eigenvalue weighted by atomic mass is 28.3. The Balaban J connectivity index is 1.73. The van der Waals surface area contributed by atoms with Crippen LogP contribution >= 0.6 is 0 Å². The Bertz CT molecular complexity index is 668. The topological polar surface area (TPSA) is 9.23 Å². The van der Waals surface area contributed by atoms with E-state index in [1.54, 1.807) is 6.08 Å². The minimum atomic E-state index is -2.99. The molecule has 1 fully saturated rings. The fourth-order valence-electron chi connectivity index (χ4n) is 4.55. The molecule has 2 unspecified atom stereocenters. The average Bonchev–Trinajstić information content (AvgIpc) is 2.70. The van der Waals surface area contributed by atoms with Crippen molar-refractivity contribution < 1.29 is 17.9 Å². The number of rotatable bonds is 8. The van der Waals surface area contributed by atoms with Crippen LogP contribution in [0.2, 0.25) is 18.1 Å². The van der Waals surface area contributed by atoms with E-state index in [2.05, 4.69) is 6.92 Å². The molecule has 1 heterocycles. The molecule has 2 atom stereocenters. The minimum Gasteiger partial charge on any atom is -0.304 e. The van der Waals surface area contributed by atoms with Crippen LogP contribution in [0, 0.1) is 5.92 Å². The lowest BCUT2D eigenvalue weighted by molar-refractivity contribution is -0.202. The third kappa shape index (κ3) is 4.98. The zero-order chi connectivity index (χ0) is 20.0. The summed E-state index contributed by atoms with van der Waals surface area (Å²) in [7, 11) is -0.425. The highest BCUT2D eigenvalue weighted by Crippen LogP contribution is 2.46. The van der Waals surface area contributed by atoms with Crippen LogP contribution in [0.3, 0.4) is 0 Å². The highest BCUT2D eigenvalue weighted by molar-refractivity contribution is 6.59. The molecule has 2 aliphatic rings. The third-order valence-electron chi connectivity index (χ3n) is 6.15. The van der Waals surface area contributed by atoms with Gasteiger partial charge in [-0.1, -0.05) is 80.7 Å². The second kappa shape index (κ2) is 9.93. The summed E-state index contributed by atoms with van der Waals surface area (Å²) in [6, 6.07) is 13.0. The van der Waals surface area contributed by atoms with Crippen molar-refractivity contribution in [3.8, 4) is 0 Å². The Morgan fingerprint density at radius 2 is 1.86 bits per heavy atom. The molecule has 1 aromatic carbocycles. The van der Waals surface area contributed by atoms with Gasteiger partial charge < -0.3 is 4.74 Å². The summed E-state index contributed by atoms with van der Waals surface area (Å²) in [6.07, 6.45) is 10.1. The maximum Gasteiger partial charge on any atom is 0.346 e. The lowest BCUT2D eigenvalue weighted by Gasteiger charge is -2.42. The molecule has 0 N–H and O–H groups in total. The van der Waals surface area contributed by atoms with Crippen molar-refractivity contribution >= 4 is 8.80 Å². The van der Waals surface area contributed by atoms with Gasteiger partial charge in [0.2, 0.25) is 0 Å². The molecule has 3 rings (SSSR count). The number of unbranched alkanes of at least 4 members (excludes halogenated alkanes) is 2. The van der Waals surface area contributed by atoms with Crippen molar-refractivity contribution in [2.75, 3.05) is 0 Å². The molecule has 1 aromatic rings. The Morgan fingerprint density at radius 1 is 1.14 bits per heavy atom. The van der Waals surface area contributed by atoms with Crippen molar-refractivity contribution in [1.29, 1.82) is 0 Å². The first-order valence-corrected chi connectivity index (χ1v) is 12.6. The van der Waals surface area contributed by atoms with Crippen molar-refractivity contribution in [2.24, 2.45) is 5.92 Å². The molecule has 153 valence electrons. The second-order valence-electron chi connectivity index (χ2n) is 7.96. The SMILES string of the molecule is CCCCC[Si]1CCC(C2(OC(F)F)C=CC(c3ccccc3)C=C2F)CC1. The Morgan fingerprint density at radius 3 is 2.46 bits per heavy atom. The van der Waals surface area contributed by atoms with E-state index in [4.69, 9.17) is 4.74 Å². The molecular formula is C23H30F3OSi. The molecule has 1 saturated heterocycles. The van der Waals surface area contributed by atoms with Gasteiger partial charge in [0.15, 0.2) is 0 Å². The molecule has 0 aromatic heterocycles. The molecule has 5 heteroatoms. The van der Waals surface area contributed by atoms with Gasteiger partial charge in [0, 0.05) is 14.7 Å². The van der Waals surface area contributed by atoms with E-state index in [0.29, 0.717) is 0 Å². The van der Waals surface area contributed by atoms with E-state index < -0.39 is 26.8 Å². The van der Waals surface area contributed by atoms with Crippen LogP contribution in [-0.4, -0.2) is 21.0 Å². The van der Waals surface area contributed by atoms with Crippen LogP contribution in [0.25, 0.3) is 0 Å². The number of ether oxygens (including phenoxy) is 1. The van der Waals surface area contributed by atoms with Crippen molar-refractivity contribution in [1.82, 2.24) is 0 Å². The first kappa shape index (κ1) is 21.4. The Hall–Kier alpha value is -1.33. The summed E-state index contributed by atoms with van der Waals surface area (Å²) in [4.78, 5) is 0. The number of hydrogen-bond acceptors (Lipinski definition) is 1. The summed E-state index contributed by atoms with van der Waals surface area (Å²) in [5.74, 6) is -1.02. The van der Waals surface area contributed by atoms with E-state index in [-0.39, 0.29) is 11.8 Å². The van der Waals surface area contributed by atoms with Crippen LogP contribution in [0.1, 0.15) is 50.5 Å². The van der Waals surface area contributed by atoms with Crippen LogP contribution in [0.4, 0.5) is 13.2 Å². The standard InChI is InChI=1S/C23H30F3OSi/c1-2-3-7-14-28-15-11-20(12-16-28)23(27-22(25)26)13-10-19(17-21(23)24)18-8-5-4-6-9-18/h4-6,8-10,13,17,19-20,22H,2-3,7,11-12,14-16H2,1H3. The van der Waals surface area contributed by atoms with Crippen molar-refractivity contribution in [2.45, 2.75) is 75.3 Å². The zero-order valence-corrected chi connectivity index (χ0v) is 17.5. The van der Waals surface area contributed by atoms with Gasteiger partial charge in [0.05, 0.1) is 0 Å². The van der Waals surface area contributed by atoms with Crippen molar-refractivity contribution in [3.05, 3.63) is 60.0 Å². The Labute approximate surface area is 168 Å². The number of hydrogen-bond donors (Lipinski definition) is 0. The summed E-state index contributed by atoms with van der Waals surface area (Å²) in [5.41, 5.74) is -0.652. The summed E-state index contributed by atoms with van der Waals surface area (Å²) < 4.78 is 46.8. The monoisotopic (exact) mass is 407 g/mol. The van der Waals surface area contributed by atoms with Gasteiger partial charge in [-0.3, -0.25) is 0 Å². The van der Waals surface area contributed by atoms with Crippen LogP contribution in [0.5, 0.6) is 0 Å². The predicted octanol–water partition coefficient (Wildman–Crippen LogP) is 7.27. The smallest absolute Gasteiger partial charge is 0.304 e. The quantitative estimate of drug-likeness (QED) is 0.250. The average molecular weight is 408 g/mol. The van der Waals surface area contributed by atoms with E-state index in [1.807, 2.05) is 36.4 Å². The number of allylic oxidation sites excluding steroid dienone is 2. The zero-order valence-electron chi connectivity index (χ0n) is 16.5. The lowest BCUT2D eigenvalue weighted by Crippen LogP contribution is -2.45. The normalized spacial score (nSPS) is 26.6. The fourth-order valence-corrected chi connectivity index (χ4v) is 7.57. The number of benzene rings is 1. The molecule has 0 saturated carbocycles. The minimum absolute atomic E-state index is 0.217. The second-order valence-corrected chi connectivity index (χ2v) is 11.0. The van der Waals surface area contributed by atoms with Gasteiger partial charge >= 0.3 is 6.61 Å². The van der Waals surface area contributed by atoms with E-state index >= 15 is 4.39 Å². The predicted molar refractivity (Wildman–Crippen MR) is 110 cm³/mol. The lowest BCUT2D eigenvalue weighted by atomic mass is 9.76. The highest BCUT2D eigenvalue weighted by Gasteiger charge is 2.47. The molecule has 0 amide bonds. The van der Waals surface area contributed by atoms with Gasteiger partial charge in [0.25, 0.3) is 0 Å². The molecule has 1 aliphatic heterocycles. The maximum atomic E-state index is 15.3. The first-order chi connectivity index (χ1) is 13.5. The van der Waals surface area contributed by atoms with Crippen LogP contribution < -0.4 is 0 Å². The Kier molecular flexibility index (Phi) is 7.58. The molecule has 0 bridgehead atoms. The van der Waals surface area contributed by atoms with E-state index in [0.717, 1.165) is 30.5 Å². The largest absolute Gasteiger partial charge is 0.346 e. The third-order valence-corrected chi connectivity index (χ3v) is 9.20. The summed E-state index contributed by atoms with van der Waals surface area (Å²) in [5, 5.41) is 0. The maximum absolute atomic E-state index is 15.3. The van der Waals surface area contributed by atoms with Crippen LogP contribution in [-0.2, 0) is 4.74 Å². The molecule has 1 radical (unpaired) electrons.